The van der Waals surface area contributed by atoms with E-state index in [1.54, 1.807) is 0 Å². The number of aryl methyl sites for hydroxylation is 1. The highest BCUT2D eigenvalue weighted by molar-refractivity contribution is 6.07. The number of fused-ring (bicyclic) bond motifs is 3. The number of pyridine rings is 3. The van der Waals surface area contributed by atoms with Crippen molar-refractivity contribution < 1.29 is 0 Å². The van der Waals surface area contributed by atoms with Gasteiger partial charge in [0.05, 0.1) is 11.2 Å². The molecule has 0 aliphatic rings. The lowest BCUT2D eigenvalue weighted by atomic mass is 9.74. The average molecular weight is 535 g/mol. The van der Waals surface area contributed by atoms with Crippen LogP contribution in [0.2, 0.25) is 0 Å². The fourth-order valence-electron chi connectivity index (χ4n) is 5.71. The molecule has 0 atom stereocenters. The molecule has 0 N–H and O–H groups in total. The zero-order valence-corrected chi connectivity index (χ0v) is 23.8. The van der Waals surface area contributed by atoms with E-state index in [1.807, 2.05) is 63.6 Å². The van der Waals surface area contributed by atoms with Crippen molar-refractivity contribution in [3.8, 4) is 11.3 Å². The van der Waals surface area contributed by atoms with Crippen molar-refractivity contribution in [3.63, 3.8) is 0 Å². The van der Waals surface area contributed by atoms with E-state index in [0.717, 1.165) is 55.6 Å². The maximum atomic E-state index is 5.37. The molecular formula is C37H34N4. The lowest BCUT2D eigenvalue weighted by molar-refractivity contribution is 0.543. The number of nitrogens with zero attached hydrogens (tertiary/aromatic N) is 4. The molecule has 0 amide bonds. The van der Waals surface area contributed by atoms with Crippen molar-refractivity contribution in [2.75, 3.05) is 0 Å². The fourth-order valence-corrected chi connectivity index (χ4v) is 5.71. The van der Waals surface area contributed by atoms with Crippen LogP contribution in [0.5, 0.6) is 0 Å². The van der Waals surface area contributed by atoms with Crippen LogP contribution in [0.25, 0.3) is 33.2 Å². The number of rotatable bonds is 9. The first-order valence-corrected chi connectivity index (χ1v) is 13.8. The summed E-state index contributed by atoms with van der Waals surface area (Å²) in [5.41, 5.74) is 7.04. The van der Waals surface area contributed by atoms with Gasteiger partial charge in [0.25, 0.3) is 0 Å². The Kier molecular flexibility index (Phi) is 8.02. The molecule has 0 aliphatic carbocycles. The number of hydrogen-bond acceptors (Lipinski definition) is 3. The van der Waals surface area contributed by atoms with Gasteiger partial charge >= 0.3 is 0 Å². The standard InChI is InChI=1S/C37H34N4/c1-6-13-29(14-7-2)37(30(15-8-3)16-9-4,31-17-11-10-12-18-31)41-35-22-23-38-26-33(35)32-19-20-34(40-36(32)41)28-21-24-39-27(5)25-28/h6-26H,1,3H2,2,4-5H3/b14-7-,16-9-,29-13+,30-15+. The maximum Gasteiger partial charge on any atom is 0.143 e. The molecule has 0 unspecified atom stereocenters. The predicted molar refractivity (Wildman–Crippen MR) is 173 cm³/mol. The Morgan fingerprint density at radius 1 is 0.829 bits per heavy atom. The molecule has 5 aromatic rings. The van der Waals surface area contributed by atoms with Gasteiger partial charge in [-0.1, -0.05) is 92.1 Å². The first-order chi connectivity index (χ1) is 20.1. The van der Waals surface area contributed by atoms with E-state index in [1.165, 1.54) is 0 Å². The Bertz CT molecular complexity index is 1810. The van der Waals surface area contributed by atoms with Crippen molar-refractivity contribution in [2.24, 2.45) is 0 Å². The Hall–Kier alpha value is -5.09. The summed E-state index contributed by atoms with van der Waals surface area (Å²) in [6.45, 7) is 14.3. The molecule has 0 spiro atoms. The van der Waals surface area contributed by atoms with Crippen LogP contribution in [-0.4, -0.2) is 19.5 Å². The van der Waals surface area contributed by atoms with Gasteiger partial charge in [-0.3, -0.25) is 9.97 Å². The van der Waals surface area contributed by atoms with Crippen molar-refractivity contribution >= 4 is 21.9 Å². The van der Waals surface area contributed by atoms with E-state index < -0.39 is 5.54 Å². The molecule has 0 saturated carbocycles. The van der Waals surface area contributed by atoms with Crippen LogP contribution in [0.15, 0.2) is 152 Å². The van der Waals surface area contributed by atoms with Crippen LogP contribution in [0.3, 0.4) is 0 Å². The summed E-state index contributed by atoms with van der Waals surface area (Å²) in [5, 5.41) is 2.06. The van der Waals surface area contributed by atoms with Crippen molar-refractivity contribution in [2.45, 2.75) is 26.3 Å². The molecule has 4 heterocycles. The summed E-state index contributed by atoms with van der Waals surface area (Å²) in [5.74, 6) is 0. The quantitative estimate of drug-likeness (QED) is 0.177. The highest BCUT2D eigenvalue weighted by atomic mass is 15.1. The molecule has 0 radical (unpaired) electrons. The van der Waals surface area contributed by atoms with Gasteiger partial charge in [-0.15, -0.1) is 0 Å². The maximum absolute atomic E-state index is 5.37. The van der Waals surface area contributed by atoms with Crippen molar-refractivity contribution in [3.05, 3.63) is 163 Å². The van der Waals surface area contributed by atoms with Gasteiger partial charge in [0, 0.05) is 40.6 Å². The third kappa shape index (κ3) is 4.78. The third-order valence-electron chi connectivity index (χ3n) is 7.26. The molecule has 0 fully saturated rings. The molecule has 0 bridgehead atoms. The normalized spacial score (nSPS) is 14.2. The molecule has 0 saturated heterocycles. The fraction of sp³-hybridized carbons (Fsp3) is 0.108. The van der Waals surface area contributed by atoms with Gasteiger partial charge in [-0.2, -0.15) is 0 Å². The van der Waals surface area contributed by atoms with E-state index in [2.05, 4.69) is 113 Å². The predicted octanol–water partition coefficient (Wildman–Crippen LogP) is 9.08. The van der Waals surface area contributed by atoms with Crippen molar-refractivity contribution in [1.82, 2.24) is 19.5 Å². The summed E-state index contributed by atoms with van der Waals surface area (Å²) in [4.78, 5) is 14.3. The van der Waals surface area contributed by atoms with Gasteiger partial charge in [0.1, 0.15) is 11.2 Å². The third-order valence-corrected chi connectivity index (χ3v) is 7.26. The molecule has 4 aromatic heterocycles. The van der Waals surface area contributed by atoms with Gasteiger partial charge in [-0.05, 0) is 67.8 Å². The van der Waals surface area contributed by atoms with E-state index in [9.17, 15) is 0 Å². The number of aromatic nitrogens is 4. The van der Waals surface area contributed by atoms with E-state index in [0.29, 0.717) is 0 Å². The van der Waals surface area contributed by atoms with Gasteiger partial charge in [-0.25, -0.2) is 4.98 Å². The molecule has 5 rings (SSSR count). The molecule has 0 aliphatic heterocycles. The summed E-state index contributed by atoms with van der Waals surface area (Å²) in [6, 6.07) is 21.0. The Morgan fingerprint density at radius 2 is 1.54 bits per heavy atom. The average Bonchev–Trinajstić information content (AvgIpc) is 3.33. The molecule has 4 heteroatoms. The topological polar surface area (TPSA) is 43.6 Å². The van der Waals surface area contributed by atoms with Gasteiger partial charge in [0.2, 0.25) is 0 Å². The first kappa shape index (κ1) is 27.5. The molecule has 202 valence electrons. The van der Waals surface area contributed by atoms with Crippen LogP contribution >= 0.6 is 0 Å². The van der Waals surface area contributed by atoms with Crippen LogP contribution in [0.1, 0.15) is 25.1 Å². The Labute approximate surface area is 242 Å². The van der Waals surface area contributed by atoms with Gasteiger partial charge in [0.15, 0.2) is 0 Å². The second-order valence-electron chi connectivity index (χ2n) is 9.77. The summed E-state index contributed by atoms with van der Waals surface area (Å²) in [6.07, 6.45) is 21.9. The van der Waals surface area contributed by atoms with E-state index >= 15 is 0 Å². The molecular weight excluding hydrogens is 500 g/mol. The monoisotopic (exact) mass is 534 g/mol. The zero-order valence-electron chi connectivity index (χ0n) is 23.8. The lowest BCUT2D eigenvalue weighted by Gasteiger charge is -2.40. The smallest absolute Gasteiger partial charge is 0.143 e. The van der Waals surface area contributed by atoms with Crippen molar-refractivity contribution in [1.29, 1.82) is 0 Å². The summed E-state index contributed by atoms with van der Waals surface area (Å²) < 4.78 is 2.36. The van der Waals surface area contributed by atoms with E-state index in [-0.39, 0.29) is 0 Å². The molecule has 4 nitrogen and oxygen atoms in total. The first-order valence-electron chi connectivity index (χ1n) is 13.8. The summed E-state index contributed by atoms with van der Waals surface area (Å²) in [7, 11) is 0. The minimum absolute atomic E-state index is 0.830. The second-order valence-corrected chi connectivity index (χ2v) is 9.77. The second kappa shape index (κ2) is 12.0. The van der Waals surface area contributed by atoms with Gasteiger partial charge < -0.3 is 4.57 Å². The van der Waals surface area contributed by atoms with Crippen LogP contribution in [0.4, 0.5) is 0 Å². The minimum atomic E-state index is -0.830. The number of benzene rings is 1. The van der Waals surface area contributed by atoms with E-state index in [4.69, 9.17) is 4.98 Å². The Balaban J connectivity index is 2.07. The zero-order chi connectivity index (χ0) is 28.8. The van der Waals surface area contributed by atoms with Crippen LogP contribution in [0, 0.1) is 6.92 Å². The number of allylic oxidation sites excluding steroid dienone is 10. The molecule has 1 aromatic carbocycles. The largest absolute Gasteiger partial charge is 0.307 e. The van der Waals surface area contributed by atoms with Crippen LogP contribution in [-0.2, 0) is 5.54 Å². The molecule has 41 heavy (non-hydrogen) atoms. The highest BCUT2D eigenvalue weighted by Gasteiger charge is 2.42. The SMILES string of the molecule is C=C/C=C(\C=C/C)C(C(/C=C\C)=C/C=C)(c1ccccc1)n1c2ccncc2c2ccc(-c3ccnc(C)c3)nc21. The highest BCUT2D eigenvalue weighted by Crippen LogP contribution is 2.47. The Morgan fingerprint density at radius 3 is 2.17 bits per heavy atom. The lowest BCUT2D eigenvalue weighted by Crippen LogP contribution is -2.38. The van der Waals surface area contributed by atoms with Crippen LogP contribution < -0.4 is 0 Å². The number of hydrogen-bond donors (Lipinski definition) is 0. The summed E-state index contributed by atoms with van der Waals surface area (Å²) >= 11 is 0. The minimum Gasteiger partial charge on any atom is -0.307 e.